The molecule has 1 fully saturated rings. The van der Waals surface area contributed by atoms with Crippen molar-refractivity contribution in [2.24, 2.45) is 5.92 Å². The van der Waals surface area contributed by atoms with Gasteiger partial charge in [0.25, 0.3) is 0 Å². The van der Waals surface area contributed by atoms with E-state index in [1.54, 1.807) is 0 Å². The molecule has 0 aliphatic carbocycles. The number of hydrogen-bond acceptors (Lipinski definition) is 4. The van der Waals surface area contributed by atoms with Gasteiger partial charge in [-0.05, 0) is 25.0 Å². The third-order valence-electron chi connectivity index (χ3n) is 4.48. The number of amides is 1. The van der Waals surface area contributed by atoms with Crippen LogP contribution in [-0.2, 0) is 16.0 Å². The number of carbonyl (C=O) groups excluding carboxylic acids is 1. The quantitative estimate of drug-likeness (QED) is 0.868. The van der Waals surface area contributed by atoms with E-state index in [1.165, 1.54) is 0 Å². The van der Waals surface area contributed by atoms with Crippen LogP contribution in [0.5, 0.6) is 5.75 Å². The summed E-state index contributed by atoms with van der Waals surface area (Å²) in [6, 6.07) is 7.78. The molecular formula is C16H21NO4. The molecule has 3 unspecified atom stereocenters. The fraction of sp³-hybridized carbons (Fsp3) is 0.562. The first-order valence-electron chi connectivity index (χ1n) is 7.41. The molecule has 5 nitrogen and oxygen atoms in total. The summed E-state index contributed by atoms with van der Waals surface area (Å²) in [6.07, 6.45) is 0.978. The number of aliphatic hydroxyl groups is 1. The molecule has 1 amide bonds. The molecule has 1 aromatic carbocycles. The van der Waals surface area contributed by atoms with Crippen LogP contribution < -0.4 is 10.1 Å². The zero-order chi connectivity index (χ0) is 14.9. The maximum Gasteiger partial charge on any atom is 0.226 e. The van der Waals surface area contributed by atoms with E-state index in [0.717, 1.165) is 11.3 Å². The van der Waals surface area contributed by atoms with Crippen molar-refractivity contribution >= 4 is 5.91 Å². The summed E-state index contributed by atoms with van der Waals surface area (Å²) in [5.41, 5.74) is 0.100. The lowest BCUT2D eigenvalue weighted by atomic mass is 9.94. The molecule has 0 radical (unpaired) electrons. The summed E-state index contributed by atoms with van der Waals surface area (Å²) < 4.78 is 11.0. The monoisotopic (exact) mass is 291 g/mol. The first-order chi connectivity index (χ1) is 10.1. The van der Waals surface area contributed by atoms with E-state index < -0.39 is 5.60 Å². The predicted octanol–water partition coefficient (Wildman–Crippen LogP) is 0.894. The van der Waals surface area contributed by atoms with Crippen molar-refractivity contribution in [3.05, 3.63) is 29.8 Å². The number of rotatable bonds is 3. The van der Waals surface area contributed by atoms with Crippen molar-refractivity contribution in [3.63, 3.8) is 0 Å². The molecule has 2 aliphatic heterocycles. The van der Waals surface area contributed by atoms with Gasteiger partial charge < -0.3 is 19.9 Å². The number of carbonyl (C=O) groups is 1. The van der Waals surface area contributed by atoms with Gasteiger partial charge in [0.15, 0.2) is 0 Å². The van der Waals surface area contributed by atoms with E-state index in [-0.39, 0.29) is 24.5 Å². The average molecular weight is 291 g/mol. The second-order valence-electron chi connectivity index (χ2n) is 5.90. The topological polar surface area (TPSA) is 67.8 Å². The number of fused-ring (bicyclic) bond motifs is 1. The number of para-hydroxylation sites is 1. The molecule has 0 spiro atoms. The number of nitrogens with one attached hydrogen (secondary N) is 1. The second kappa shape index (κ2) is 5.66. The molecule has 1 saturated heterocycles. The lowest BCUT2D eigenvalue weighted by Gasteiger charge is -2.29. The molecule has 5 heteroatoms. The zero-order valence-electron chi connectivity index (χ0n) is 12.2. The number of hydrogen-bond donors (Lipinski definition) is 2. The molecule has 2 aliphatic rings. The Morgan fingerprint density at radius 3 is 3.05 bits per heavy atom. The predicted molar refractivity (Wildman–Crippen MR) is 77.1 cm³/mol. The minimum atomic E-state index is -0.955. The largest absolute Gasteiger partial charge is 0.492 e. The van der Waals surface area contributed by atoms with Gasteiger partial charge in [-0.3, -0.25) is 4.79 Å². The normalized spacial score (nSPS) is 31.3. The SMILES string of the molecule is CC1OCCC1(O)CNC(=O)C1COc2ccccc2C1. The van der Waals surface area contributed by atoms with E-state index >= 15 is 0 Å². The standard InChI is InChI=1S/C16H21NO4/c1-11-16(19,6-7-20-11)10-17-15(18)13-8-12-4-2-3-5-14(12)21-9-13/h2-5,11,13,19H,6-10H2,1H3,(H,17,18). The highest BCUT2D eigenvalue weighted by Crippen LogP contribution is 2.28. The third kappa shape index (κ3) is 2.89. The van der Waals surface area contributed by atoms with Crippen LogP contribution in [0.25, 0.3) is 0 Å². The van der Waals surface area contributed by atoms with Crippen molar-refractivity contribution in [2.45, 2.75) is 31.5 Å². The molecule has 3 atom stereocenters. The number of benzene rings is 1. The van der Waals surface area contributed by atoms with Gasteiger partial charge in [-0.2, -0.15) is 0 Å². The maximum atomic E-state index is 12.3. The molecule has 0 aromatic heterocycles. The fourth-order valence-electron chi connectivity index (χ4n) is 2.88. The van der Waals surface area contributed by atoms with Gasteiger partial charge >= 0.3 is 0 Å². The molecule has 2 heterocycles. The molecule has 114 valence electrons. The Kier molecular flexibility index (Phi) is 3.87. The highest BCUT2D eigenvalue weighted by atomic mass is 16.5. The summed E-state index contributed by atoms with van der Waals surface area (Å²) in [5, 5.41) is 13.2. The maximum absolute atomic E-state index is 12.3. The second-order valence-corrected chi connectivity index (χ2v) is 5.90. The summed E-state index contributed by atoms with van der Waals surface area (Å²) >= 11 is 0. The molecule has 21 heavy (non-hydrogen) atoms. The summed E-state index contributed by atoms with van der Waals surface area (Å²) in [7, 11) is 0. The van der Waals surface area contributed by atoms with Crippen LogP contribution >= 0.6 is 0 Å². The lowest BCUT2D eigenvalue weighted by Crippen LogP contribution is -2.49. The van der Waals surface area contributed by atoms with Crippen LogP contribution in [0, 0.1) is 5.92 Å². The minimum absolute atomic E-state index is 0.0722. The highest BCUT2D eigenvalue weighted by molar-refractivity contribution is 5.79. The van der Waals surface area contributed by atoms with Crippen LogP contribution in [0.2, 0.25) is 0 Å². The van der Waals surface area contributed by atoms with Crippen LogP contribution in [0.15, 0.2) is 24.3 Å². The van der Waals surface area contributed by atoms with Crippen LogP contribution in [-0.4, -0.2) is 42.5 Å². The van der Waals surface area contributed by atoms with Crippen molar-refractivity contribution in [2.75, 3.05) is 19.8 Å². The van der Waals surface area contributed by atoms with Gasteiger partial charge in [0.1, 0.15) is 18.0 Å². The zero-order valence-corrected chi connectivity index (χ0v) is 12.2. The molecular weight excluding hydrogens is 270 g/mol. The molecule has 0 bridgehead atoms. The number of ether oxygens (including phenoxy) is 2. The van der Waals surface area contributed by atoms with E-state index in [1.807, 2.05) is 31.2 Å². The first kappa shape index (κ1) is 14.4. The molecule has 3 rings (SSSR count). The van der Waals surface area contributed by atoms with Crippen molar-refractivity contribution in [3.8, 4) is 5.75 Å². The summed E-state index contributed by atoms with van der Waals surface area (Å²) in [6.45, 7) is 2.98. The van der Waals surface area contributed by atoms with Gasteiger partial charge in [0, 0.05) is 19.6 Å². The van der Waals surface area contributed by atoms with Crippen molar-refractivity contribution < 1.29 is 19.4 Å². The van der Waals surface area contributed by atoms with E-state index in [2.05, 4.69) is 5.32 Å². The average Bonchev–Trinajstić information content (AvgIpc) is 2.84. The summed E-state index contributed by atoms with van der Waals surface area (Å²) in [5.74, 6) is 0.580. The van der Waals surface area contributed by atoms with Gasteiger partial charge in [-0.1, -0.05) is 18.2 Å². The Labute approximate surface area is 124 Å². The Bertz CT molecular complexity index is 533. The van der Waals surface area contributed by atoms with E-state index in [0.29, 0.717) is 26.1 Å². The Morgan fingerprint density at radius 1 is 1.48 bits per heavy atom. The molecule has 0 saturated carbocycles. The van der Waals surface area contributed by atoms with Crippen LogP contribution in [0.4, 0.5) is 0 Å². The van der Waals surface area contributed by atoms with Gasteiger partial charge in [-0.25, -0.2) is 0 Å². The van der Waals surface area contributed by atoms with Gasteiger partial charge in [0.2, 0.25) is 5.91 Å². The van der Waals surface area contributed by atoms with E-state index in [9.17, 15) is 9.90 Å². The Hall–Kier alpha value is -1.59. The fourth-order valence-corrected chi connectivity index (χ4v) is 2.88. The Morgan fingerprint density at radius 2 is 2.29 bits per heavy atom. The lowest BCUT2D eigenvalue weighted by molar-refractivity contribution is -0.128. The Balaban J connectivity index is 1.57. The highest BCUT2D eigenvalue weighted by Gasteiger charge is 2.40. The molecule has 1 aromatic rings. The van der Waals surface area contributed by atoms with Crippen LogP contribution in [0.3, 0.4) is 0 Å². The third-order valence-corrected chi connectivity index (χ3v) is 4.48. The van der Waals surface area contributed by atoms with Crippen molar-refractivity contribution in [1.82, 2.24) is 5.32 Å². The van der Waals surface area contributed by atoms with Crippen molar-refractivity contribution in [1.29, 1.82) is 0 Å². The van der Waals surface area contributed by atoms with Crippen LogP contribution in [0.1, 0.15) is 18.9 Å². The molecule has 2 N–H and O–H groups in total. The van der Waals surface area contributed by atoms with Gasteiger partial charge in [-0.15, -0.1) is 0 Å². The first-order valence-corrected chi connectivity index (χ1v) is 7.41. The smallest absolute Gasteiger partial charge is 0.226 e. The van der Waals surface area contributed by atoms with E-state index in [4.69, 9.17) is 9.47 Å². The van der Waals surface area contributed by atoms with Gasteiger partial charge in [0.05, 0.1) is 12.0 Å². The summed E-state index contributed by atoms with van der Waals surface area (Å²) in [4.78, 5) is 12.3. The minimum Gasteiger partial charge on any atom is -0.492 e.